The van der Waals surface area contributed by atoms with Crippen LogP contribution in [0.1, 0.15) is 87.7 Å². The molecule has 9 heteroatoms. The highest BCUT2D eigenvalue weighted by Gasteiger charge is 2.39. The van der Waals surface area contributed by atoms with Crippen LogP contribution in [0.2, 0.25) is 6.04 Å². The Morgan fingerprint density at radius 3 is 1.95 bits per heavy atom. The third kappa shape index (κ3) is 12.5. The lowest BCUT2D eigenvalue weighted by molar-refractivity contribution is -0.137. The van der Waals surface area contributed by atoms with E-state index in [1.165, 1.54) is 38.0 Å². The van der Waals surface area contributed by atoms with Gasteiger partial charge in [-0.05, 0) is 88.4 Å². The van der Waals surface area contributed by atoms with Crippen LogP contribution in [0, 0.1) is 0 Å². The Hall–Kier alpha value is -2.98. The number of carbonyl (C=O) groups is 2. The van der Waals surface area contributed by atoms with Gasteiger partial charge in [0, 0.05) is 31.9 Å². The molecule has 0 N–H and O–H groups in total. The molecule has 0 saturated heterocycles. The van der Waals surface area contributed by atoms with Gasteiger partial charge in [0.1, 0.15) is 0 Å². The number of ether oxygens (including phenoxy) is 3. The van der Waals surface area contributed by atoms with Gasteiger partial charge in [-0.2, -0.15) is 0 Å². The Kier molecular flexibility index (Phi) is 16.8. The molecule has 0 unspecified atom stereocenters. The van der Waals surface area contributed by atoms with Crippen molar-refractivity contribution in [3.05, 3.63) is 65.2 Å². The summed E-state index contributed by atoms with van der Waals surface area (Å²) in [5.41, 5.74) is 2.39. The lowest BCUT2D eigenvalue weighted by Gasteiger charge is -2.28. The summed E-state index contributed by atoms with van der Waals surface area (Å²) in [6, 6.07) is 13.5. The monoisotopic (exact) mass is 600 g/mol. The molecule has 0 aliphatic rings. The molecule has 0 heterocycles. The summed E-state index contributed by atoms with van der Waals surface area (Å²) in [6.07, 6.45) is 10.8. The molecule has 0 atom stereocenters. The van der Waals surface area contributed by atoms with Crippen LogP contribution >= 0.6 is 0 Å². The summed E-state index contributed by atoms with van der Waals surface area (Å²) >= 11 is 0. The topological polar surface area (TPSA) is 89.5 Å². The third-order valence-corrected chi connectivity index (χ3v) is 9.72. The van der Waals surface area contributed by atoms with Crippen LogP contribution in [-0.2, 0) is 29.2 Å². The maximum Gasteiger partial charge on any atom is 0.500 e. The van der Waals surface area contributed by atoms with E-state index in [9.17, 15) is 9.59 Å². The highest BCUT2D eigenvalue weighted by Crippen LogP contribution is 2.29. The lowest BCUT2D eigenvalue weighted by Crippen LogP contribution is -2.45. The Balaban J connectivity index is 1.75. The molecule has 0 bridgehead atoms. The van der Waals surface area contributed by atoms with Gasteiger partial charge >= 0.3 is 20.7 Å². The molecule has 0 aliphatic carbocycles. The minimum atomic E-state index is -2.52. The second-order valence-corrected chi connectivity index (χ2v) is 12.4. The molecule has 0 fully saturated rings. The van der Waals surface area contributed by atoms with Gasteiger partial charge in [-0.3, -0.25) is 0 Å². The van der Waals surface area contributed by atoms with Crippen molar-refractivity contribution in [1.82, 2.24) is 0 Å². The highest BCUT2D eigenvalue weighted by atomic mass is 28.4. The maximum atomic E-state index is 12.7. The SMILES string of the molecule is CCOC(=O)C=Cc1ccc(OC(=O)c2ccc(CCCCCCCC[Si](OCC)(OCC)OCC)cc2)c(OC)c1. The van der Waals surface area contributed by atoms with E-state index in [-0.39, 0.29) is 0 Å². The molecule has 0 aromatic heterocycles. The van der Waals surface area contributed by atoms with Crippen molar-refractivity contribution in [2.45, 2.75) is 78.7 Å². The first kappa shape index (κ1) is 35.2. The largest absolute Gasteiger partial charge is 0.500 e. The molecule has 232 valence electrons. The summed E-state index contributed by atoms with van der Waals surface area (Å²) in [7, 11) is -1.02. The quantitative estimate of drug-likeness (QED) is 0.0481. The normalized spacial score (nSPS) is 11.5. The van der Waals surface area contributed by atoms with Crippen molar-refractivity contribution in [3.63, 3.8) is 0 Å². The van der Waals surface area contributed by atoms with Gasteiger partial charge in [0.2, 0.25) is 0 Å². The first-order valence-electron chi connectivity index (χ1n) is 15.2. The summed E-state index contributed by atoms with van der Waals surface area (Å²) in [5, 5.41) is 0. The van der Waals surface area contributed by atoms with Gasteiger partial charge in [-0.25, -0.2) is 9.59 Å². The fraction of sp³-hybridized carbons (Fsp3) is 0.515. The van der Waals surface area contributed by atoms with E-state index in [2.05, 4.69) is 0 Å². The van der Waals surface area contributed by atoms with E-state index in [0.29, 0.717) is 43.5 Å². The fourth-order valence-electron chi connectivity index (χ4n) is 4.57. The molecule has 0 radical (unpaired) electrons. The Labute approximate surface area is 252 Å². The summed E-state index contributed by atoms with van der Waals surface area (Å²) in [6.45, 7) is 9.90. The summed E-state index contributed by atoms with van der Waals surface area (Å²) in [5.74, 6) is -0.181. The average molecular weight is 601 g/mol. The van der Waals surface area contributed by atoms with Gasteiger partial charge in [-0.15, -0.1) is 0 Å². The Morgan fingerprint density at radius 2 is 1.36 bits per heavy atom. The van der Waals surface area contributed by atoms with Gasteiger partial charge in [0.15, 0.2) is 11.5 Å². The van der Waals surface area contributed by atoms with Gasteiger partial charge < -0.3 is 27.5 Å². The van der Waals surface area contributed by atoms with Gasteiger partial charge in [0.05, 0.1) is 19.3 Å². The van der Waals surface area contributed by atoms with Crippen molar-refractivity contribution < 1.29 is 37.1 Å². The number of aryl methyl sites for hydroxylation is 1. The molecule has 0 saturated carbocycles. The number of unbranched alkanes of at least 4 members (excludes halogenated alkanes) is 5. The summed E-state index contributed by atoms with van der Waals surface area (Å²) in [4.78, 5) is 24.3. The molecule has 42 heavy (non-hydrogen) atoms. The lowest BCUT2D eigenvalue weighted by atomic mass is 10.0. The van der Waals surface area contributed by atoms with E-state index < -0.39 is 20.7 Å². The molecule has 0 amide bonds. The number of benzene rings is 2. The molecule has 8 nitrogen and oxygen atoms in total. The minimum Gasteiger partial charge on any atom is -0.493 e. The Morgan fingerprint density at radius 1 is 0.738 bits per heavy atom. The van der Waals surface area contributed by atoms with Crippen LogP contribution < -0.4 is 9.47 Å². The highest BCUT2D eigenvalue weighted by molar-refractivity contribution is 6.60. The van der Waals surface area contributed by atoms with Crippen molar-refractivity contribution in [2.75, 3.05) is 33.5 Å². The smallest absolute Gasteiger partial charge is 0.493 e. The van der Waals surface area contributed by atoms with E-state index >= 15 is 0 Å². The molecule has 2 aromatic carbocycles. The van der Waals surface area contributed by atoms with E-state index in [1.54, 1.807) is 43.3 Å². The van der Waals surface area contributed by atoms with Crippen LogP contribution in [0.25, 0.3) is 6.08 Å². The zero-order valence-corrected chi connectivity index (χ0v) is 26.9. The number of carbonyl (C=O) groups excluding carboxylic acids is 2. The number of hydrogen-bond donors (Lipinski definition) is 0. The molecular weight excluding hydrogens is 552 g/mol. The van der Waals surface area contributed by atoms with Crippen molar-refractivity contribution in [3.8, 4) is 11.5 Å². The van der Waals surface area contributed by atoms with Crippen molar-refractivity contribution in [1.29, 1.82) is 0 Å². The van der Waals surface area contributed by atoms with Gasteiger partial charge in [-0.1, -0.05) is 43.9 Å². The molecule has 0 spiro atoms. The van der Waals surface area contributed by atoms with Crippen molar-refractivity contribution in [2.24, 2.45) is 0 Å². The zero-order chi connectivity index (χ0) is 30.6. The van der Waals surface area contributed by atoms with Crippen LogP contribution in [0.4, 0.5) is 0 Å². The van der Waals surface area contributed by atoms with Crippen molar-refractivity contribution >= 4 is 26.8 Å². The Bertz CT molecular complexity index is 1080. The molecular formula is C33H48O8Si. The average Bonchev–Trinajstić information content (AvgIpc) is 2.98. The minimum absolute atomic E-state index is 0.307. The zero-order valence-electron chi connectivity index (χ0n) is 25.9. The first-order valence-corrected chi connectivity index (χ1v) is 17.1. The second-order valence-electron chi connectivity index (χ2n) is 9.69. The summed E-state index contributed by atoms with van der Waals surface area (Å²) < 4.78 is 33.7. The molecule has 2 aromatic rings. The maximum absolute atomic E-state index is 12.7. The van der Waals surface area contributed by atoms with E-state index in [4.69, 9.17) is 27.5 Å². The standard InChI is InChI=1S/C33H48O8Si/c1-6-37-32(34)24-20-28-19-23-30(31(26-28)36-5)41-33(35)29-21-17-27(18-22-29)16-14-12-10-11-13-15-25-42(38-7-2,39-8-3)40-9-4/h17-24,26H,6-16,25H2,1-5H3. The van der Waals surface area contributed by atoms with Crippen LogP contribution in [-0.4, -0.2) is 54.3 Å². The number of hydrogen-bond acceptors (Lipinski definition) is 8. The predicted octanol–water partition coefficient (Wildman–Crippen LogP) is 7.42. The predicted molar refractivity (Wildman–Crippen MR) is 167 cm³/mol. The number of rotatable bonds is 21. The van der Waals surface area contributed by atoms with Gasteiger partial charge in [0.25, 0.3) is 0 Å². The fourth-order valence-corrected chi connectivity index (χ4v) is 7.26. The molecule has 0 aliphatic heterocycles. The van der Waals surface area contributed by atoms with Crippen LogP contribution in [0.15, 0.2) is 48.5 Å². The van der Waals surface area contributed by atoms with E-state index in [0.717, 1.165) is 37.3 Å². The molecule has 2 rings (SSSR count). The number of methoxy groups -OCH3 is 1. The third-order valence-electron chi connectivity index (χ3n) is 6.57. The first-order chi connectivity index (χ1) is 20.4. The number of esters is 2. The van der Waals surface area contributed by atoms with Crippen LogP contribution in [0.5, 0.6) is 11.5 Å². The van der Waals surface area contributed by atoms with E-state index in [1.807, 2.05) is 32.9 Å². The second kappa shape index (κ2) is 20.0. The van der Waals surface area contributed by atoms with Crippen LogP contribution in [0.3, 0.4) is 0 Å².